The largest absolute Gasteiger partial charge is 0.0636 e. The lowest BCUT2D eigenvalue weighted by molar-refractivity contribution is 1.63. The molecule has 0 aliphatic rings. The van der Waals surface area contributed by atoms with Crippen LogP contribution in [-0.2, 0) is 0 Å². The van der Waals surface area contributed by atoms with E-state index in [1.807, 2.05) is 42.5 Å². The van der Waals surface area contributed by atoms with E-state index in [0.29, 0.717) is 5.56 Å². The van der Waals surface area contributed by atoms with Crippen LogP contribution in [0.1, 0.15) is 56.2 Å². The molecule has 0 saturated heterocycles. The van der Waals surface area contributed by atoms with Gasteiger partial charge in [0.1, 0.15) is 0 Å². The molecule has 0 bridgehead atoms. The standard InChI is InChI=1S/2C40H26/c2*1-2-12-31-26-32(25-22-27(31)10-1)28-20-23-30(24-21-28)39-35-15-5-7-17-37(35)40(38-18-8-6-16-36(38)39)34-19-9-13-29-11-3-4-14-33(29)34/h2*1-26H/i1D,2D,3D,4D,5D,6D,7D,8D,9D,10D,11D,12D,13D,14D,15D,16D,17D,18D,19D,20D,21D,22D,23D,24D,25D,26D;3D,4D,5D,6D,7D,8D,9D,11D,13D,14D,15D,16D,17D,18D,19D. The quantitative estimate of drug-likeness (QED) is 0.146. The fraction of sp³-hybridized carbons (Fsp3) is 0. The van der Waals surface area contributed by atoms with Crippen molar-refractivity contribution < 1.29 is 56.2 Å². The third-order valence-electron chi connectivity index (χ3n) is 13.5. The highest BCUT2D eigenvalue weighted by Gasteiger charge is 2.20. The van der Waals surface area contributed by atoms with Crippen LogP contribution in [0, 0.1) is 0 Å². The van der Waals surface area contributed by atoms with E-state index in [1.165, 1.54) is 0 Å². The summed E-state index contributed by atoms with van der Waals surface area (Å²) in [7, 11) is 0. The van der Waals surface area contributed by atoms with Gasteiger partial charge in [0.05, 0.1) is 56.2 Å². The maximum Gasteiger partial charge on any atom is 0.0636 e. The van der Waals surface area contributed by atoms with Gasteiger partial charge in [0.15, 0.2) is 0 Å². The van der Waals surface area contributed by atoms with E-state index in [4.69, 9.17) is 38.4 Å². The summed E-state index contributed by atoms with van der Waals surface area (Å²) in [5.41, 5.74) is -3.18. The molecule has 0 fully saturated rings. The van der Waals surface area contributed by atoms with Crippen molar-refractivity contribution in [2.45, 2.75) is 0 Å². The molecule has 0 N–H and O–H groups in total. The summed E-state index contributed by atoms with van der Waals surface area (Å²) in [6.07, 6.45) is 0. The summed E-state index contributed by atoms with van der Waals surface area (Å²) in [6, 6.07) is -13.1. The second kappa shape index (κ2) is 19.9. The minimum atomic E-state index is -1.07. The zero-order chi connectivity index (χ0) is 88.6. The molecule has 0 unspecified atom stereocenters. The van der Waals surface area contributed by atoms with E-state index in [-0.39, 0.29) is 32.7 Å². The predicted molar refractivity (Wildman–Crippen MR) is 346 cm³/mol. The SMILES string of the molecule is [2H]c1c([2H])c(-c2c3c([2H])c([2H])c([2H])c([2H])c3c(-c3c([2H])c([2H])c([2H])c4c([2H])c([2H])c([2H])c([2H])c34)c3c([2H])c([2H])c([2H])c([2H])c23)c([2H])c([2H])c1-c1c([2H])c([2H])c2c([2H])c([2H])c([2H])c([2H])c2c1[2H].[2H]c1c([2H])c([2H])c2c(-c3c4c([2H])c([2H])c([2H])c([2H])c4c(-c4ccc(-c5ccc6ccccc6c5)cc4)c4c([2H])c([2H])c([2H])c([2H])c34)c([2H])c([2H])c([2H])c2c1[2H]. The first kappa shape index (κ1) is 21.1. The van der Waals surface area contributed by atoms with E-state index in [1.54, 1.807) is 24.3 Å². The van der Waals surface area contributed by atoms with E-state index in [9.17, 15) is 17.8 Å². The van der Waals surface area contributed by atoms with E-state index >= 15 is 0 Å². The molecule has 16 aromatic rings. The molecule has 0 atom stereocenters. The summed E-state index contributed by atoms with van der Waals surface area (Å²) in [6.45, 7) is 0. The minimum absolute atomic E-state index is 0.0544. The molecular formula is C80H52. The zero-order valence-electron chi connectivity index (χ0n) is 81.9. The summed E-state index contributed by atoms with van der Waals surface area (Å²) in [5.74, 6) is 0. The highest BCUT2D eigenvalue weighted by Crippen LogP contribution is 2.47. The van der Waals surface area contributed by atoms with Crippen molar-refractivity contribution in [1.29, 1.82) is 0 Å². The first-order valence-electron chi connectivity index (χ1n) is 44.9. The van der Waals surface area contributed by atoms with Crippen LogP contribution in [-0.4, -0.2) is 0 Å². The number of fused-ring (bicyclic) bond motifs is 8. The molecule has 0 aliphatic carbocycles. The molecule has 16 rings (SSSR count). The predicted octanol–water partition coefficient (Wildman–Crippen LogP) is 22.6. The first-order valence-corrected chi connectivity index (χ1v) is 24.4. The zero-order valence-corrected chi connectivity index (χ0v) is 40.9. The smallest absolute Gasteiger partial charge is 0.0616 e. The van der Waals surface area contributed by atoms with E-state index < -0.39 is 341 Å². The summed E-state index contributed by atoms with van der Waals surface area (Å²) < 4.78 is 363. The monoisotopic (exact) mass is 1050 g/mol. The van der Waals surface area contributed by atoms with Gasteiger partial charge in [-0.05, 0) is 165 Å². The van der Waals surface area contributed by atoms with Gasteiger partial charge in [0, 0.05) is 0 Å². The van der Waals surface area contributed by atoms with Crippen molar-refractivity contribution >= 4 is 86.2 Å². The Morgan fingerprint density at radius 2 is 0.550 bits per heavy atom. The van der Waals surface area contributed by atoms with Crippen LogP contribution in [0.5, 0.6) is 0 Å². The van der Waals surface area contributed by atoms with Crippen LogP contribution in [0.2, 0.25) is 0 Å². The lowest BCUT2D eigenvalue weighted by atomic mass is 9.84. The maximum absolute atomic E-state index is 9.43. The van der Waals surface area contributed by atoms with Gasteiger partial charge in [-0.1, -0.05) is 302 Å². The molecule has 0 aliphatic heterocycles. The Hall–Kier alpha value is -10.4. The molecule has 0 heterocycles. The molecule has 0 aromatic heterocycles. The van der Waals surface area contributed by atoms with E-state index in [2.05, 4.69) is 0 Å². The summed E-state index contributed by atoms with van der Waals surface area (Å²) in [5, 5.41) is -4.83. The molecule has 0 amide bonds. The molecule has 372 valence electrons. The average Bonchev–Trinajstić information content (AvgIpc) is 0.692. The second-order valence-corrected chi connectivity index (χ2v) is 17.9. The molecule has 0 nitrogen and oxygen atoms in total. The molecule has 16 aromatic carbocycles. The van der Waals surface area contributed by atoms with Gasteiger partial charge < -0.3 is 0 Å². The number of rotatable bonds is 6. The second-order valence-electron chi connectivity index (χ2n) is 17.9. The summed E-state index contributed by atoms with van der Waals surface area (Å²) in [4.78, 5) is 0. The van der Waals surface area contributed by atoms with Gasteiger partial charge in [-0.3, -0.25) is 0 Å². The van der Waals surface area contributed by atoms with Gasteiger partial charge in [0.2, 0.25) is 0 Å². The van der Waals surface area contributed by atoms with Crippen LogP contribution in [0.3, 0.4) is 0 Å². The van der Waals surface area contributed by atoms with Gasteiger partial charge in [-0.15, -0.1) is 0 Å². The van der Waals surface area contributed by atoms with Crippen molar-refractivity contribution in [3.63, 3.8) is 0 Å². The highest BCUT2D eigenvalue weighted by molar-refractivity contribution is 6.25. The third kappa shape index (κ3) is 8.17. The van der Waals surface area contributed by atoms with Crippen molar-refractivity contribution in [3.05, 3.63) is 314 Å². The van der Waals surface area contributed by atoms with E-state index in [0.717, 1.165) is 21.9 Å². The number of benzene rings is 16. The van der Waals surface area contributed by atoms with Crippen LogP contribution in [0.4, 0.5) is 0 Å². The van der Waals surface area contributed by atoms with Crippen LogP contribution in [0.25, 0.3) is 153 Å². The fourth-order valence-corrected chi connectivity index (χ4v) is 9.96. The third-order valence-corrected chi connectivity index (χ3v) is 13.5. The molecule has 80 heavy (non-hydrogen) atoms. The van der Waals surface area contributed by atoms with Crippen LogP contribution in [0.15, 0.2) is 314 Å². The first-order chi connectivity index (χ1) is 56.8. The Morgan fingerprint density at radius 1 is 0.188 bits per heavy atom. The minimum Gasteiger partial charge on any atom is -0.0616 e. The van der Waals surface area contributed by atoms with Gasteiger partial charge in [0.25, 0.3) is 0 Å². The molecular weight excluding hydrogens is 961 g/mol. The van der Waals surface area contributed by atoms with Crippen molar-refractivity contribution in [3.8, 4) is 66.8 Å². The van der Waals surface area contributed by atoms with Gasteiger partial charge in [-0.25, -0.2) is 0 Å². The molecule has 0 heteroatoms. The Bertz CT molecular complexity index is 7360. The normalized spacial score (nSPS) is 18.7. The van der Waals surface area contributed by atoms with Crippen LogP contribution < -0.4 is 0 Å². The fourth-order valence-electron chi connectivity index (χ4n) is 9.96. The van der Waals surface area contributed by atoms with Crippen molar-refractivity contribution in [2.75, 3.05) is 0 Å². The Balaban J connectivity index is 0.000000191. The number of hydrogen-bond acceptors (Lipinski definition) is 0. The topological polar surface area (TPSA) is 0 Å². The average molecular weight is 1050 g/mol. The van der Waals surface area contributed by atoms with Crippen molar-refractivity contribution in [2.24, 2.45) is 0 Å². The lowest BCUT2D eigenvalue weighted by Gasteiger charge is -2.19. The highest BCUT2D eigenvalue weighted by atomic mass is 14.2. The van der Waals surface area contributed by atoms with Gasteiger partial charge in [-0.2, -0.15) is 0 Å². The Morgan fingerprint density at radius 3 is 1.06 bits per heavy atom. The molecule has 0 radical (unpaired) electrons. The maximum atomic E-state index is 9.43. The number of hydrogen-bond donors (Lipinski definition) is 0. The van der Waals surface area contributed by atoms with Gasteiger partial charge >= 0.3 is 0 Å². The lowest BCUT2D eigenvalue weighted by Crippen LogP contribution is -1.91. The molecule has 0 spiro atoms. The molecule has 0 saturated carbocycles. The Kier molecular flexibility index (Phi) is 5.24. The Labute approximate surface area is 523 Å². The summed E-state index contributed by atoms with van der Waals surface area (Å²) >= 11 is 0. The van der Waals surface area contributed by atoms with Crippen LogP contribution >= 0.6 is 0 Å². The van der Waals surface area contributed by atoms with Crippen molar-refractivity contribution in [1.82, 2.24) is 0 Å².